The van der Waals surface area contributed by atoms with Gasteiger partial charge in [-0.25, -0.2) is 4.39 Å². The third-order valence-electron chi connectivity index (χ3n) is 3.56. The highest BCUT2D eigenvalue weighted by Gasteiger charge is 2.45. The van der Waals surface area contributed by atoms with Gasteiger partial charge in [0.15, 0.2) is 0 Å². The van der Waals surface area contributed by atoms with E-state index in [0.29, 0.717) is 18.6 Å². The number of halogens is 1. The fourth-order valence-corrected chi connectivity index (χ4v) is 3.03. The minimum absolute atomic E-state index is 0.219. The number of alkyl halides is 1. The van der Waals surface area contributed by atoms with Gasteiger partial charge in [0.1, 0.15) is 6.67 Å². The number of nitrogens with zero attached hydrogens (tertiary/aromatic N) is 1. The standard InChI is InChI=1S/C10H18FNO/c1-13-7-10-8-2-3-9(6-8)12(10)5-4-11/h8-10H,2-7H2,1H3. The molecule has 3 heteroatoms. The highest BCUT2D eigenvalue weighted by molar-refractivity contribution is 4.99. The molecule has 2 nitrogen and oxygen atoms in total. The number of piperidine rings is 1. The topological polar surface area (TPSA) is 12.5 Å². The van der Waals surface area contributed by atoms with Crippen LogP contribution >= 0.6 is 0 Å². The van der Waals surface area contributed by atoms with Gasteiger partial charge >= 0.3 is 0 Å². The van der Waals surface area contributed by atoms with Crippen LogP contribution in [0.3, 0.4) is 0 Å². The predicted molar refractivity (Wildman–Crippen MR) is 49.5 cm³/mol. The van der Waals surface area contributed by atoms with Crippen molar-refractivity contribution in [3.05, 3.63) is 0 Å². The summed E-state index contributed by atoms with van der Waals surface area (Å²) in [5.41, 5.74) is 0. The number of methoxy groups -OCH3 is 1. The Morgan fingerprint density at radius 2 is 2.31 bits per heavy atom. The summed E-state index contributed by atoms with van der Waals surface area (Å²) in [6.07, 6.45) is 3.86. The third-order valence-corrected chi connectivity index (χ3v) is 3.56. The Hall–Kier alpha value is -0.150. The molecule has 1 heterocycles. The first-order chi connectivity index (χ1) is 6.36. The van der Waals surface area contributed by atoms with Gasteiger partial charge in [-0.15, -0.1) is 0 Å². The van der Waals surface area contributed by atoms with Crippen LogP contribution in [0.15, 0.2) is 0 Å². The van der Waals surface area contributed by atoms with Crippen LogP contribution in [-0.4, -0.2) is 43.9 Å². The average Bonchev–Trinajstić information content (AvgIpc) is 2.69. The molecule has 1 aliphatic carbocycles. The van der Waals surface area contributed by atoms with Crippen LogP contribution in [0, 0.1) is 5.92 Å². The molecule has 0 amide bonds. The maximum atomic E-state index is 12.3. The van der Waals surface area contributed by atoms with E-state index in [0.717, 1.165) is 12.5 Å². The Morgan fingerprint density at radius 3 is 3.00 bits per heavy atom. The Labute approximate surface area is 79.1 Å². The lowest BCUT2D eigenvalue weighted by molar-refractivity contribution is 0.0563. The molecular formula is C10H18FNO. The quantitative estimate of drug-likeness (QED) is 0.660. The summed E-state index contributed by atoms with van der Waals surface area (Å²) < 4.78 is 17.5. The van der Waals surface area contributed by atoms with Crippen molar-refractivity contribution in [2.45, 2.75) is 31.3 Å². The number of hydrogen-bond donors (Lipinski definition) is 0. The smallest absolute Gasteiger partial charge is 0.102 e. The molecule has 13 heavy (non-hydrogen) atoms. The maximum Gasteiger partial charge on any atom is 0.102 e. The third kappa shape index (κ3) is 1.59. The van der Waals surface area contributed by atoms with Crippen molar-refractivity contribution in [1.29, 1.82) is 0 Å². The Balaban J connectivity index is 1.97. The van der Waals surface area contributed by atoms with Crippen molar-refractivity contribution in [1.82, 2.24) is 4.90 Å². The van der Waals surface area contributed by atoms with Gasteiger partial charge in [-0.1, -0.05) is 0 Å². The second-order valence-electron chi connectivity index (χ2n) is 4.18. The summed E-state index contributed by atoms with van der Waals surface area (Å²) in [6.45, 7) is 1.17. The molecule has 2 rings (SSSR count). The molecule has 0 spiro atoms. The van der Waals surface area contributed by atoms with Gasteiger partial charge in [0.2, 0.25) is 0 Å². The lowest BCUT2D eigenvalue weighted by Crippen LogP contribution is -2.44. The van der Waals surface area contributed by atoms with Crippen molar-refractivity contribution in [2.75, 3.05) is 26.9 Å². The minimum Gasteiger partial charge on any atom is -0.383 e. The molecule has 1 saturated carbocycles. The number of hydrogen-bond acceptors (Lipinski definition) is 2. The van der Waals surface area contributed by atoms with Crippen molar-refractivity contribution in [3.8, 4) is 0 Å². The lowest BCUT2D eigenvalue weighted by Gasteiger charge is -2.34. The zero-order valence-corrected chi connectivity index (χ0v) is 8.21. The van der Waals surface area contributed by atoms with Gasteiger partial charge in [0.05, 0.1) is 6.61 Å². The monoisotopic (exact) mass is 187 g/mol. The van der Waals surface area contributed by atoms with E-state index >= 15 is 0 Å². The van der Waals surface area contributed by atoms with Crippen LogP contribution in [0.4, 0.5) is 4.39 Å². The molecule has 0 aromatic rings. The Bertz CT molecular complexity index is 158. The van der Waals surface area contributed by atoms with Gasteiger partial charge in [-0.2, -0.15) is 0 Å². The van der Waals surface area contributed by atoms with Crippen molar-refractivity contribution in [3.63, 3.8) is 0 Å². The van der Waals surface area contributed by atoms with Crippen LogP contribution in [0.1, 0.15) is 19.3 Å². The number of likely N-dealkylation sites (tertiary alicyclic amines) is 1. The van der Waals surface area contributed by atoms with Crippen LogP contribution in [-0.2, 0) is 4.74 Å². The van der Waals surface area contributed by atoms with Gasteiger partial charge < -0.3 is 4.74 Å². The normalized spacial score (nSPS) is 38.8. The molecule has 2 fully saturated rings. The second kappa shape index (κ2) is 3.93. The molecule has 0 radical (unpaired) electrons. The number of rotatable bonds is 4. The van der Waals surface area contributed by atoms with Crippen molar-refractivity contribution >= 4 is 0 Å². The van der Waals surface area contributed by atoms with E-state index < -0.39 is 0 Å². The fraction of sp³-hybridized carbons (Fsp3) is 1.00. The van der Waals surface area contributed by atoms with Gasteiger partial charge in [0, 0.05) is 25.7 Å². The first kappa shape index (κ1) is 9.41. The van der Waals surface area contributed by atoms with E-state index in [1.165, 1.54) is 19.3 Å². The first-order valence-electron chi connectivity index (χ1n) is 5.17. The number of ether oxygens (including phenoxy) is 1. The predicted octanol–water partition coefficient (Wildman–Crippen LogP) is 1.46. The minimum atomic E-state index is -0.219. The Kier molecular flexibility index (Phi) is 2.84. The summed E-state index contributed by atoms with van der Waals surface area (Å²) in [5.74, 6) is 0.775. The molecule has 0 aromatic carbocycles. The molecule has 1 aliphatic heterocycles. The van der Waals surface area contributed by atoms with Crippen LogP contribution < -0.4 is 0 Å². The van der Waals surface area contributed by atoms with Crippen molar-refractivity contribution in [2.24, 2.45) is 5.92 Å². The highest BCUT2D eigenvalue weighted by atomic mass is 19.1. The molecular weight excluding hydrogens is 169 g/mol. The summed E-state index contributed by atoms with van der Waals surface area (Å²) in [4.78, 5) is 2.32. The molecule has 0 aromatic heterocycles. The molecule has 3 atom stereocenters. The van der Waals surface area contributed by atoms with Gasteiger partial charge in [0.25, 0.3) is 0 Å². The highest BCUT2D eigenvalue weighted by Crippen LogP contribution is 2.42. The molecule has 2 aliphatic rings. The van der Waals surface area contributed by atoms with E-state index in [4.69, 9.17) is 4.74 Å². The summed E-state index contributed by atoms with van der Waals surface area (Å²) in [7, 11) is 1.74. The maximum absolute atomic E-state index is 12.3. The zero-order chi connectivity index (χ0) is 9.26. The first-order valence-corrected chi connectivity index (χ1v) is 5.17. The zero-order valence-electron chi connectivity index (χ0n) is 8.21. The molecule has 2 bridgehead atoms. The molecule has 0 N–H and O–H groups in total. The summed E-state index contributed by atoms with van der Waals surface area (Å²) in [6, 6.07) is 1.15. The van der Waals surface area contributed by atoms with Crippen molar-refractivity contribution < 1.29 is 9.13 Å². The van der Waals surface area contributed by atoms with E-state index in [1.807, 2.05) is 0 Å². The summed E-state index contributed by atoms with van der Waals surface area (Å²) >= 11 is 0. The molecule has 3 unspecified atom stereocenters. The van der Waals surface area contributed by atoms with E-state index in [9.17, 15) is 4.39 Å². The van der Waals surface area contributed by atoms with Crippen LogP contribution in [0.5, 0.6) is 0 Å². The van der Waals surface area contributed by atoms with Crippen LogP contribution in [0.25, 0.3) is 0 Å². The SMILES string of the molecule is COCC1C2CCC(C2)N1CCF. The van der Waals surface area contributed by atoms with E-state index in [1.54, 1.807) is 7.11 Å². The average molecular weight is 187 g/mol. The lowest BCUT2D eigenvalue weighted by atomic mass is 9.99. The molecule has 1 saturated heterocycles. The second-order valence-corrected chi connectivity index (χ2v) is 4.18. The van der Waals surface area contributed by atoms with Crippen LogP contribution in [0.2, 0.25) is 0 Å². The van der Waals surface area contributed by atoms with E-state index in [2.05, 4.69) is 4.90 Å². The fourth-order valence-electron chi connectivity index (χ4n) is 3.03. The molecule has 76 valence electrons. The Morgan fingerprint density at radius 1 is 1.46 bits per heavy atom. The largest absolute Gasteiger partial charge is 0.383 e. The van der Waals surface area contributed by atoms with Gasteiger partial charge in [-0.3, -0.25) is 4.90 Å². The van der Waals surface area contributed by atoms with Gasteiger partial charge in [-0.05, 0) is 25.2 Å². The summed E-state index contributed by atoms with van der Waals surface area (Å²) in [5, 5.41) is 0. The van der Waals surface area contributed by atoms with E-state index in [-0.39, 0.29) is 6.67 Å². The number of fused-ring (bicyclic) bond motifs is 2.